The summed E-state index contributed by atoms with van der Waals surface area (Å²) < 4.78 is 2.08. The molecule has 2 aromatic carbocycles. The summed E-state index contributed by atoms with van der Waals surface area (Å²) in [4.78, 5) is 12.3. The Hall–Kier alpha value is -2.60. The van der Waals surface area contributed by atoms with E-state index in [1.165, 1.54) is 35.7 Å². The van der Waals surface area contributed by atoms with Crippen LogP contribution < -0.4 is 5.32 Å². The molecule has 0 saturated heterocycles. The number of hydrogen-bond acceptors (Lipinski definition) is 4. The molecule has 1 fully saturated rings. The van der Waals surface area contributed by atoms with Crippen molar-refractivity contribution < 1.29 is 4.79 Å². The standard InChI is InChI=1S/C22H24N4OS/c27-21(15-28-22-25-24-16-26(22)19-11-12-19)23-14-13-20(17-7-3-1-4-8-17)18-9-5-2-6-10-18/h1-10,16,19-20H,11-15H2,(H,23,27). The molecule has 0 atom stereocenters. The maximum atomic E-state index is 12.3. The molecule has 1 aromatic heterocycles. The first kappa shape index (κ1) is 18.7. The topological polar surface area (TPSA) is 59.8 Å². The van der Waals surface area contributed by atoms with E-state index < -0.39 is 0 Å². The van der Waals surface area contributed by atoms with Crippen LogP contribution >= 0.6 is 11.8 Å². The molecule has 1 heterocycles. The van der Waals surface area contributed by atoms with Gasteiger partial charge in [0.25, 0.3) is 0 Å². The third kappa shape index (κ3) is 4.81. The van der Waals surface area contributed by atoms with Crippen LogP contribution in [0.15, 0.2) is 72.1 Å². The Bertz CT molecular complexity index is 854. The molecule has 0 unspecified atom stereocenters. The highest BCUT2D eigenvalue weighted by atomic mass is 32.2. The highest BCUT2D eigenvalue weighted by Crippen LogP contribution is 2.37. The molecule has 1 amide bonds. The lowest BCUT2D eigenvalue weighted by molar-refractivity contribution is -0.118. The van der Waals surface area contributed by atoms with Gasteiger partial charge in [-0.25, -0.2) is 0 Å². The molecule has 1 aliphatic carbocycles. The Morgan fingerprint density at radius 2 is 1.71 bits per heavy atom. The average molecular weight is 393 g/mol. The van der Waals surface area contributed by atoms with E-state index >= 15 is 0 Å². The first-order chi connectivity index (χ1) is 13.8. The summed E-state index contributed by atoms with van der Waals surface area (Å²) in [5.74, 6) is 0.677. The van der Waals surface area contributed by atoms with Gasteiger partial charge in [-0.15, -0.1) is 10.2 Å². The number of carbonyl (C=O) groups excluding carboxylic acids is 1. The Morgan fingerprint density at radius 1 is 1.07 bits per heavy atom. The third-order valence-electron chi connectivity index (χ3n) is 4.97. The van der Waals surface area contributed by atoms with Crippen molar-refractivity contribution in [2.75, 3.05) is 12.3 Å². The molecular weight excluding hydrogens is 368 g/mol. The third-order valence-corrected chi connectivity index (χ3v) is 5.93. The van der Waals surface area contributed by atoms with E-state index in [0.717, 1.165) is 11.6 Å². The molecule has 4 rings (SSSR count). The number of rotatable bonds is 9. The first-order valence-electron chi connectivity index (χ1n) is 9.70. The fourth-order valence-electron chi connectivity index (χ4n) is 3.37. The summed E-state index contributed by atoms with van der Waals surface area (Å²) in [5, 5.41) is 12.0. The van der Waals surface area contributed by atoms with Crippen molar-refractivity contribution in [1.29, 1.82) is 0 Å². The van der Waals surface area contributed by atoms with Crippen LogP contribution in [0.3, 0.4) is 0 Å². The summed E-state index contributed by atoms with van der Waals surface area (Å²) in [6, 6.07) is 21.5. The van der Waals surface area contributed by atoms with E-state index in [1.54, 1.807) is 6.33 Å². The minimum absolute atomic E-state index is 0.0372. The zero-order valence-corrected chi connectivity index (χ0v) is 16.5. The lowest BCUT2D eigenvalue weighted by atomic mass is 9.88. The summed E-state index contributed by atoms with van der Waals surface area (Å²) in [7, 11) is 0. The molecule has 144 valence electrons. The van der Waals surface area contributed by atoms with Crippen molar-refractivity contribution in [2.45, 2.75) is 36.4 Å². The van der Waals surface area contributed by atoms with Gasteiger partial charge in [-0.2, -0.15) is 0 Å². The smallest absolute Gasteiger partial charge is 0.230 e. The second kappa shape index (κ2) is 9.06. The van der Waals surface area contributed by atoms with Gasteiger partial charge < -0.3 is 9.88 Å². The van der Waals surface area contributed by atoms with Gasteiger partial charge >= 0.3 is 0 Å². The maximum Gasteiger partial charge on any atom is 0.230 e. The first-order valence-corrected chi connectivity index (χ1v) is 10.7. The van der Waals surface area contributed by atoms with Gasteiger partial charge in [0, 0.05) is 18.5 Å². The Kier molecular flexibility index (Phi) is 6.07. The van der Waals surface area contributed by atoms with Crippen molar-refractivity contribution in [3.63, 3.8) is 0 Å². The number of aromatic nitrogens is 3. The lowest BCUT2D eigenvalue weighted by Gasteiger charge is -2.18. The molecule has 28 heavy (non-hydrogen) atoms. The maximum absolute atomic E-state index is 12.3. The van der Waals surface area contributed by atoms with Crippen LogP contribution in [0.1, 0.15) is 42.3 Å². The SMILES string of the molecule is O=C(CSc1nncn1C1CC1)NCCC(c1ccccc1)c1ccccc1. The number of carbonyl (C=O) groups is 1. The summed E-state index contributed by atoms with van der Waals surface area (Å²) in [6.45, 7) is 0.642. The second-order valence-corrected chi connectivity index (χ2v) is 8.00. The van der Waals surface area contributed by atoms with Gasteiger partial charge in [-0.1, -0.05) is 72.4 Å². The van der Waals surface area contributed by atoms with Crippen molar-refractivity contribution in [2.24, 2.45) is 0 Å². The molecule has 5 nitrogen and oxygen atoms in total. The highest BCUT2D eigenvalue weighted by Gasteiger charge is 2.26. The van der Waals surface area contributed by atoms with Crippen LogP contribution in [-0.4, -0.2) is 33.0 Å². The van der Waals surface area contributed by atoms with Crippen molar-refractivity contribution in [1.82, 2.24) is 20.1 Å². The van der Waals surface area contributed by atoms with Gasteiger partial charge in [0.2, 0.25) is 5.91 Å². The number of amides is 1. The van der Waals surface area contributed by atoms with Crippen LogP contribution in [-0.2, 0) is 4.79 Å². The van der Waals surface area contributed by atoms with Crippen molar-refractivity contribution in [3.8, 4) is 0 Å². The minimum Gasteiger partial charge on any atom is -0.355 e. The molecule has 1 N–H and O–H groups in total. The monoisotopic (exact) mass is 392 g/mol. The minimum atomic E-state index is 0.0372. The number of nitrogens with one attached hydrogen (secondary N) is 1. The molecule has 0 radical (unpaired) electrons. The van der Waals surface area contributed by atoms with E-state index in [4.69, 9.17) is 0 Å². The van der Waals surface area contributed by atoms with Crippen LogP contribution in [0.2, 0.25) is 0 Å². The van der Waals surface area contributed by atoms with Gasteiger partial charge in [0.15, 0.2) is 5.16 Å². The molecule has 1 saturated carbocycles. The van der Waals surface area contributed by atoms with E-state index in [2.05, 4.69) is 68.6 Å². The largest absolute Gasteiger partial charge is 0.355 e. The molecule has 0 bridgehead atoms. The zero-order valence-electron chi connectivity index (χ0n) is 15.7. The van der Waals surface area contributed by atoms with Crippen LogP contribution in [0, 0.1) is 0 Å². The van der Waals surface area contributed by atoms with E-state index in [1.807, 2.05) is 12.1 Å². The van der Waals surface area contributed by atoms with Crippen LogP contribution in [0.25, 0.3) is 0 Å². The van der Waals surface area contributed by atoms with Gasteiger partial charge in [-0.05, 0) is 30.4 Å². The van der Waals surface area contributed by atoms with E-state index in [9.17, 15) is 4.79 Å². The van der Waals surface area contributed by atoms with Crippen molar-refractivity contribution >= 4 is 17.7 Å². The predicted octanol–water partition coefficient (Wildman–Crippen LogP) is 4.04. The molecule has 6 heteroatoms. The Balaban J connectivity index is 1.30. The number of nitrogens with zero attached hydrogens (tertiary/aromatic N) is 3. The summed E-state index contributed by atoms with van der Waals surface area (Å²) >= 11 is 1.46. The molecule has 1 aliphatic rings. The number of thioether (sulfide) groups is 1. The summed E-state index contributed by atoms with van der Waals surface area (Å²) in [6.07, 6.45) is 4.99. The fraction of sp³-hybridized carbons (Fsp3) is 0.318. The Morgan fingerprint density at radius 3 is 2.32 bits per heavy atom. The van der Waals surface area contributed by atoms with Gasteiger partial charge in [0.05, 0.1) is 5.75 Å². The lowest BCUT2D eigenvalue weighted by Crippen LogP contribution is -2.27. The zero-order chi connectivity index (χ0) is 19.2. The second-order valence-electron chi connectivity index (χ2n) is 7.05. The van der Waals surface area contributed by atoms with Gasteiger partial charge in [0.1, 0.15) is 6.33 Å². The molecular formula is C22H24N4OS. The molecule has 0 aliphatic heterocycles. The normalized spacial score (nSPS) is 13.6. The predicted molar refractivity (Wildman–Crippen MR) is 111 cm³/mol. The van der Waals surface area contributed by atoms with Crippen LogP contribution in [0.5, 0.6) is 0 Å². The van der Waals surface area contributed by atoms with Crippen LogP contribution in [0.4, 0.5) is 0 Å². The average Bonchev–Trinajstić information content (AvgIpc) is 3.48. The fourth-order valence-corrected chi connectivity index (χ4v) is 4.18. The van der Waals surface area contributed by atoms with E-state index in [0.29, 0.717) is 18.3 Å². The molecule has 3 aromatic rings. The quantitative estimate of drug-likeness (QED) is 0.558. The molecule has 0 spiro atoms. The number of benzene rings is 2. The van der Waals surface area contributed by atoms with Gasteiger partial charge in [-0.3, -0.25) is 4.79 Å². The van der Waals surface area contributed by atoms with Crippen molar-refractivity contribution in [3.05, 3.63) is 78.1 Å². The number of hydrogen-bond donors (Lipinski definition) is 1. The Labute approximate surface area is 169 Å². The highest BCUT2D eigenvalue weighted by molar-refractivity contribution is 7.99. The van der Waals surface area contributed by atoms with E-state index in [-0.39, 0.29) is 11.8 Å². The summed E-state index contributed by atoms with van der Waals surface area (Å²) in [5.41, 5.74) is 2.55.